The van der Waals surface area contributed by atoms with Crippen molar-refractivity contribution in [2.45, 2.75) is 27.3 Å². The predicted molar refractivity (Wildman–Crippen MR) is 94.9 cm³/mol. The molecule has 0 bridgehead atoms. The summed E-state index contributed by atoms with van der Waals surface area (Å²) in [5.41, 5.74) is 2.55. The molecule has 0 aliphatic carbocycles. The number of aromatic amines is 1. The number of hydrogen-bond acceptors (Lipinski definition) is 7. The molecular formula is C18H19N5O4. The van der Waals surface area contributed by atoms with E-state index in [4.69, 9.17) is 9.26 Å². The van der Waals surface area contributed by atoms with Gasteiger partial charge in [0.15, 0.2) is 0 Å². The van der Waals surface area contributed by atoms with Crippen LogP contribution < -0.4 is 5.32 Å². The van der Waals surface area contributed by atoms with Crippen molar-refractivity contribution in [2.75, 3.05) is 6.61 Å². The van der Waals surface area contributed by atoms with Gasteiger partial charge in [-0.25, -0.2) is 4.79 Å². The summed E-state index contributed by atoms with van der Waals surface area (Å²) in [7, 11) is 0. The van der Waals surface area contributed by atoms with Gasteiger partial charge in [0.25, 0.3) is 5.91 Å². The highest BCUT2D eigenvalue weighted by Gasteiger charge is 2.23. The van der Waals surface area contributed by atoms with Gasteiger partial charge in [0.05, 0.1) is 18.7 Å². The monoisotopic (exact) mass is 369 g/mol. The summed E-state index contributed by atoms with van der Waals surface area (Å²) in [5, 5.41) is 6.58. The van der Waals surface area contributed by atoms with Crippen molar-refractivity contribution in [3.8, 4) is 11.4 Å². The topological polar surface area (TPSA) is 123 Å². The average Bonchev–Trinajstić information content (AvgIpc) is 3.25. The van der Waals surface area contributed by atoms with E-state index in [0.29, 0.717) is 28.3 Å². The van der Waals surface area contributed by atoms with Crippen LogP contribution in [0.4, 0.5) is 0 Å². The number of carbonyl (C=O) groups excluding carboxylic acids is 2. The minimum atomic E-state index is -0.457. The molecule has 9 heteroatoms. The Morgan fingerprint density at radius 1 is 1.26 bits per heavy atom. The van der Waals surface area contributed by atoms with E-state index in [9.17, 15) is 9.59 Å². The quantitative estimate of drug-likeness (QED) is 0.638. The maximum atomic E-state index is 12.5. The number of aromatic nitrogens is 4. The van der Waals surface area contributed by atoms with Crippen LogP contribution in [-0.4, -0.2) is 38.6 Å². The molecule has 2 N–H and O–H groups in total. The number of carbonyl (C=O) groups is 2. The zero-order valence-electron chi connectivity index (χ0n) is 15.2. The first kappa shape index (κ1) is 18.3. The van der Waals surface area contributed by atoms with Gasteiger partial charge in [0.1, 0.15) is 5.69 Å². The Hall–Kier alpha value is -3.49. The van der Waals surface area contributed by atoms with Gasteiger partial charge < -0.3 is 19.6 Å². The Labute approximate surface area is 155 Å². The van der Waals surface area contributed by atoms with Crippen molar-refractivity contribution >= 4 is 11.9 Å². The van der Waals surface area contributed by atoms with Gasteiger partial charge in [-0.1, -0.05) is 5.16 Å². The second kappa shape index (κ2) is 7.81. The van der Waals surface area contributed by atoms with Crippen LogP contribution in [0.5, 0.6) is 0 Å². The summed E-state index contributed by atoms with van der Waals surface area (Å²) >= 11 is 0. The fourth-order valence-corrected chi connectivity index (χ4v) is 2.68. The normalized spacial score (nSPS) is 10.6. The van der Waals surface area contributed by atoms with Crippen molar-refractivity contribution in [1.29, 1.82) is 0 Å². The van der Waals surface area contributed by atoms with Crippen LogP contribution in [0.15, 0.2) is 29.0 Å². The minimum absolute atomic E-state index is 0.0587. The molecule has 3 heterocycles. The summed E-state index contributed by atoms with van der Waals surface area (Å²) < 4.78 is 10.2. The highest BCUT2D eigenvalue weighted by Crippen LogP contribution is 2.19. The molecule has 9 nitrogen and oxygen atoms in total. The molecule has 0 fully saturated rings. The molecule has 3 aromatic rings. The summed E-state index contributed by atoms with van der Waals surface area (Å²) in [4.78, 5) is 35.6. The van der Waals surface area contributed by atoms with Crippen LogP contribution in [0.1, 0.15) is 44.9 Å². The second-order valence-electron chi connectivity index (χ2n) is 5.78. The molecule has 0 atom stereocenters. The third-order valence-electron chi connectivity index (χ3n) is 3.95. The van der Waals surface area contributed by atoms with Crippen LogP contribution in [-0.2, 0) is 11.3 Å². The summed E-state index contributed by atoms with van der Waals surface area (Å²) in [6.45, 7) is 5.46. The highest BCUT2D eigenvalue weighted by molar-refractivity contribution is 6.00. The molecule has 3 rings (SSSR count). The van der Waals surface area contributed by atoms with E-state index in [2.05, 4.69) is 25.4 Å². The van der Waals surface area contributed by atoms with E-state index in [1.807, 2.05) is 0 Å². The average molecular weight is 369 g/mol. The predicted octanol–water partition coefficient (Wildman–Crippen LogP) is 2.18. The first-order chi connectivity index (χ1) is 13.0. The molecule has 0 unspecified atom stereocenters. The number of amides is 1. The number of ether oxygens (including phenoxy) is 1. The lowest BCUT2D eigenvalue weighted by Gasteiger charge is -2.03. The number of hydrogen-bond donors (Lipinski definition) is 2. The lowest BCUT2D eigenvalue weighted by molar-refractivity contribution is 0.0525. The molecule has 3 aromatic heterocycles. The van der Waals surface area contributed by atoms with Crippen LogP contribution >= 0.6 is 0 Å². The van der Waals surface area contributed by atoms with Gasteiger partial charge >= 0.3 is 5.97 Å². The van der Waals surface area contributed by atoms with E-state index in [1.165, 1.54) is 0 Å². The molecule has 1 amide bonds. The lowest BCUT2D eigenvalue weighted by Crippen LogP contribution is -2.24. The third kappa shape index (κ3) is 3.86. The molecular weight excluding hydrogens is 350 g/mol. The van der Waals surface area contributed by atoms with E-state index >= 15 is 0 Å². The first-order valence-electron chi connectivity index (χ1n) is 8.38. The smallest absolute Gasteiger partial charge is 0.340 e. The number of H-pyrrole nitrogens is 1. The first-order valence-corrected chi connectivity index (χ1v) is 8.38. The van der Waals surface area contributed by atoms with Crippen molar-refractivity contribution in [3.05, 3.63) is 52.9 Å². The SMILES string of the molecule is CCOC(=O)c1c(C)[nH]c(C(=O)NCc2nc(-c3ccncc3)no2)c1C. The van der Waals surface area contributed by atoms with Gasteiger partial charge in [-0.2, -0.15) is 4.98 Å². The van der Waals surface area contributed by atoms with E-state index in [1.54, 1.807) is 45.3 Å². The molecule has 0 saturated heterocycles. The van der Waals surface area contributed by atoms with Crippen molar-refractivity contribution in [3.63, 3.8) is 0 Å². The van der Waals surface area contributed by atoms with Gasteiger partial charge in [0.2, 0.25) is 11.7 Å². The van der Waals surface area contributed by atoms with E-state index in [0.717, 1.165) is 5.56 Å². The number of rotatable bonds is 6. The lowest BCUT2D eigenvalue weighted by atomic mass is 10.1. The van der Waals surface area contributed by atoms with Crippen LogP contribution in [0.25, 0.3) is 11.4 Å². The maximum absolute atomic E-state index is 12.5. The Kier molecular flexibility index (Phi) is 5.30. The standard InChI is InChI=1S/C18H19N5O4/c1-4-26-18(25)14-10(2)15(21-11(14)3)17(24)20-9-13-22-16(23-27-13)12-5-7-19-8-6-12/h5-8,21H,4,9H2,1-3H3,(H,20,24). The van der Waals surface area contributed by atoms with Gasteiger partial charge in [-0.3, -0.25) is 9.78 Å². The number of nitrogens with zero attached hydrogens (tertiary/aromatic N) is 3. The summed E-state index contributed by atoms with van der Waals surface area (Å²) in [6, 6.07) is 3.52. The number of aryl methyl sites for hydroxylation is 1. The Balaban J connectivity index is 1.69. The Morgan fingerprint density at radius 2 is 2.00 bits per heavy atom. The second-order valence-corrected chi connectivity index (χ2v) is 5.78. The third-order valence-corrected chi connectivity index (χ3v) is 3.95. The summed E-state index contributed by atoms with van der Waals surface area (Å²) in [5.74, 6) is -0.156. The van der Waals surface area contributed by atoms with Crippen molar-refractivity contribution in [1.82, 2.24) is 25.4 Å². The molecule has 0 aliphatic heterocycles. The molecule has 0 aliphatic rings. The van der Waals surface area contributed by atoms with Crippen LogP contribution in [0.3, 0.4) is 0 Å². The van der Waals surface area contributed by atoms with Crippen molar-refractivity contribution < 1.29 is 18.8 Å². The van der Waals surface area contributed by atoms with Gasteiger partial charge in [-0.15, -0.1) is 0 Å². The fourth-order valence-electron chi connectivity index (χ4n) is 2.68. The fraction of sp³-hybridized carbons (Fsp3) is 0.278. The van der Waals surface area contributed by atoms with Crippen LogP contribution in [0, 0.1) is 13.8 Å². The summed E-state index contributed by atoms with van der Waals surface area (Å²) in [6.07, 6.45) is 3.26. The van der Waals surface area contributed by atoms with Crippen molar-refractivity contribution in [2.24, 2.45) is 0 Å². The van der Waals surface area contributed by atoms with E-state index < -0.39 is 5.97 Å². The molecule has 0 aromatic carbocycles. The van der Waals surface area contributed by atoms with E-state index in [-0.39, 0.29) is 24.9 Å². The maximum Gasteiger partial charge on any atom is 0.340 e. The zero-order valence-corrected chi connectivity index (χ0v) is 15.2. The Morgan fingerprint density at radius 3 is 2.70 bits per heavy atom. The number of pyridine rings is 1. The zero-order chi connectivity index (χ0) is 19.4. The Bertz CT molecular complexity index is 962. The number of nitrogens with one attached hydrogen (secondary N) is 2. The highest BCUT2D eigenvalue weighted by atomic mass is 16.5. The van der Waals surface area contributed by atoms with Gasteiger partial charge in [0, 0.05) is 23.7 Å². The largest absolute Gasteiger partial charge is 0.462 e. The van der Waals surface area contributed by atoms with Crippen LogP contribution in [0.2, 0.25) is 0 Å². The van der Waals surface area contributed by atoms with Gasteiger partial charge in [-0.05, 0) is 38.5 Å². The minimum Gasteiger partial charge on any atom is -0.462 e. The molecule has 27 heavy (non-hydrogen) atoms. The molecule has 0 saturated carbocycles. The molecule has 0 radical (unpaired) electrons. The molecule has 140 valence electrons. The number of esters is 1. The molecule has 0 spiro atoms.